The van der Waals surface area contributed by atoms with Crippen molar-refractivity contribution in [1.82, 2.24) is 4.98 Å². The van der Waals surface area contributed by atoms with Crippen molar-refractivity contribution in [2.45, 2.75) is 0 Å². The van der Waals surface area contributed by atoms with Gasteiger partial charge in [0.15, 0.2) is 0 Å². The van der Waals surface area contributed by atoms with Crippen LogP contribution in [0.3, 0.4) is 0 Å². The summed E-state index contributed by atoms with van der Waals surface area (Å²) in [5.41, 5.74) is -0.225. The van der Waals surface area contributed by atoms with Crippen molar-refractivity contribution in [2.75, 3.05) is 5.32 Å². The van der Waals surface area contributed by atoms with E-state index in [0.29, 0.717) is 11.9 Å². The molecule has 2 aromatic rings. The molecule has 0 saturated heterocycles. The summed E-state index contributed by atoms with van der Waals surface area (Å²) in [5.74, 6) is -1.99. The number of nitrogens with zero attached hydrogens (tertiary/aromatic N) is 1. The van der Waals surface area contributed by atoms with Crippen LogP contribution in [0.1, 0.15) is 10.4 Å². The molecule has 1 heterocycles. The van der Waals surface area contributed by atoms with Crippen LogP contribution in [0.2, 0.25) is 0 Å². The van der Waals surface area contributed by atoms with Crippen LogP contribution in [0.5, 0.6) is 0 Å². The molecule has 0 saturated carbocycles. The van der Waals surface area contributed by atoms with Gasteiger partial charge in [0.1, 0.15) is 17.5 Å². The van der Waals surface area contributed by atoms with Gasteiger partial charge in [-0.1, -0.05) is 0 Å². The fourth-order valence-corrected chi connectivity index (χ4v) is 1.63. The molecule has 1 N–H and O–H groups in total. The smallest absolute Gasteiger partial charge is 0.259 e. The predicted molar refractivity (Wildman–Crippen MR) is 71.3 cm³/mol. The van der Waals surface area contributed by atoms with E-state index in [1.165, 1.54) is 0 Å². The number of carbonyl (C=O) groups is 1. The lowest BCUT2D eigenvalue weighted by atomic mass is 10.2. The zero-order valence-electron chi connectivity index (χ0n) is 8.95. The quantitative estimate of drug-likeness (QED) is 0.836. The molecule has 92 valence electrons. The highest BCUT2D eigenvalue weighted by atomic mass is 127. The van der Waals surface area contributed by atoms with Gasteiger partial charge in [-0.05, 0) is 46.9 Å². The third kappa shape index (κ3) is 3.00. The second kappa shape index (κ2) is 5.38. The van der Waals surface area contributed by atoms with E-state index in [-0.39, 0.29) is 5.56 Å². The molecule has 0 aliphatic carbocycles. The maximum atomic E-state index is 13.3. The number of rotatable bonds is 2. The van der Waals surface area contributed by atoms with Crippen molar-refractivity contribution in [3.8, 4) is 0 Å². The Morgan fingerprint density at radius 1 is 1.22 bits per heavy atom. The molecule has 1 aromatic carbocycles. The Morgan fingerprint density at radius 2 is 2.00 bits per heavy atom. The van der Waals surface area contributed by atoms with Crippen LogP contribution in [-0.2, 0) is 0 Å². The van der Waals surface area contributed by atoms with Gasteiger partial charge in [-0.2, -0.15) is 0 Å². The van der Waals surface area contributed by atoms with Crippen molar-refractivity contribution >= 4 is 34.3 Å². The van der Waals surface area contributed by atoms with Crippen LogP contribution in [0, 0.1) is 15.2 Å². The summed E-state index contributed by atoms with van der Waals surface area (Å²) in [6.07, 6.45) is 1.57. The van der Waals surface area contributed by atoms with Crippen molar-refractivity contribution in [3.05, 3.63) is 57.3 Å². The fourth-order valence-electron chi connectivity index (χ4n) is 1.31. The molecular formula is C12H7F2IN2O. The molecule has 0 spiro atoms. The van der Waals surface area contributed by atoms with Crippen LogP contribution < -0.4 is 5.32 Å². The van der Waals surface area contributed by atoms with Crippen molar-refractivity contribution in [1.29, 1.82) is 0 Å². The van der Waals surface area contributed by atoms with Gasteiger partial charge in [-0.25, -0.2) is 13.8 Å². The molecule has 1 amide bonds. The van der Waals surface area contributed by atoms with Gasteiger partial charge >= 0.3 is 0 Å². The summed E-state index contributed by atoms with van der Waals surface area (Å²) in [5, 5.41) is 2.43. The van der Waals surface area contributed by atoms with Crippen molar-refractivity contribution in [3.63, 3.8) is 0 Å². The highest BCUT2D eigenvalue weighted by molar-refractivity contribution is 14.1. The van der Waals surface area contributed by atoms with E-state index < -0.39 is 17.5 Å². The largest absolute Gasteiger partial charge is 0.306 e. The maximum absolute atomic E-state index is 13.3. The number of aromatic nitrogens is 1. The molecule has 0 fully saturated rings. The second-order valence-corrected chi connectivity index (χ2v) is 4.69. The number of hydrogen-bond donors (Lipinski definition) is 1. The molecular weight excluding hydrogens is 353 g/mol. The van der Waals surface area contributed by atoms with Gasteiger partial charge in [-0.3, -0.25) is 4.79 Å². The Morgan fingerprint density at radius 3 is 2.61 bits per heavy atom. The lowest BCUT2D eigenvalue weighted by molar-refractivity contribution is 0.102. The molecule has 0 unspecified atom stereocenters. The SMILES string of the molecule is O=C(Nc1ccc(I)cn1)c1ccc(F)cc1F. The van der Waals surface area contributed by atoms with Crippen molar-refractivity contribution < 1.29 is 13.6 Å². The van der Waals surface area contributed by atoms with E-state index in [1.54, 1.807) is 18.3 Å². The number of amides is 1. The Hall–Kier alpha value is -1.57. The van der Waals surface area contributed by atoms with Crippen LogP contribution in [0.15, 0.2) is 36.5 Å². The summed E-state index contributed by atoms with van der Waals surface area (Å²) in [4.78, 5) is 15.7. The van der Waals surface area contributed by atoms with Gasteiger partial charge in [0.25, 0.3) is 5.91 Å². The standard InChI is InChI=1S/C12H7F2IN2O/c13-7-1-3-9(10(14)5-7)12(18)17-11-4-2-8(15)6-16-11/h1-6H,(H,16,17,18). The molecule has 0 bridgehead atoms. The minimum absolute atomic E-state index is 0.225. The average molecular weight is 360 g/mol. The van der Waals surface area contributed by atoms with E-state index in [9.17, 15) is 13.6 Å². The summed E-state index contributed by atoms with van der Waals surface area (Å²) < 4.78 is 27.0. The lowest BCUT2D eigenvalue weighted by Gasteiger charge is -2.05. The molecule has 1 aromatic heterocycles. The summed E-state index contributed by atoms with van der Waals surface area (Å²) in [6, 6.07) is 6.13. The predicted octanol–water partition coefficient (Wildman–Crippen LogP) is 3.22. The van der Waals surface area contributed by atoms with E-state index >= 15 is 0 Å². The summed E-state index contributed by atoms with van der Waals surface area (Å²) in [7, 11) is 0. The number of benzene rings is 1. The van der Waals surface area contributed by atoms with Crippen LogP contribution >= 0.6 is 22.6 Å². The van der Waals surface area contributed by atoms with E-state index in [0.717, 1.165) is 15.7 Å². The van der Waals surface area contributed by atoms with Gasteiger partial charge in [0, 0.05) is 15.8 Å². The van der Waals surface area contributed by atoms with Gasteiger partial charge in [0.2, 0.25) is 0 Å². The monoisotopic (exact) mass is 360 g/mol. The zero-order chi connectivity index (χ0) is 13.1. The first-order valence-corrected chi connectivity index (χ1v) is 6.02. The number of pyridine rings is 1. The highest BCUT2D eigenvalue weighted by Gasteiger charge is 2.12. The average Bonchev–Trinajstić information content (AvgIpc) is 2.32. The van der Waals surface area contributed by atoms with Crippen LogP contribution in [-0.4, -0.2) is 10.9 Å². The number of anilines is 1. The zero-order valence-corrected chi connectivity index (χ0v) is 11.1. The Kier molecular flexibility index (Phi) is 3.85. The fraction of sp³-hybridized carbons (Fsp3) is 0. The molecule has 0 aliphatic heterocycles. The number of halogens is 3. The van der Waals surface area contributed by atoms with Crippen LogP contribution in [0.4, 0.5) is 14.6 Å². The molecule has 6 heteroatoms. The number of hydrogen-bond acceptors (Lipinski definition) is 2. The molecule has 3 nitrogen and oxygen atoms in total. The van der Waals surface area contributed by atoms with Gasteiger partial charge in [-0.15, -0.1) is 0 Å². The van der Waals surface area contributed by atoms with Gasteiger partial charge in [0.05, 0.1) is 5.56 Å². The van der Waals surface area contributed by atoms with Crippen LogP contribution in [0.25, 0.3) is 0 Å². The first kappa shape index (κ1) is 12.9. The number of carbonyl (C=O) groups excluding carboxylic acids is 1. The first-order chi connectivity index (χ1) is 8.56. The van der Waals surface area contributed by atoms with E-state index in [2.05, 4.69) is 32.9 Å². The van der Waals surface area contributed by atoms with Gasteiger partial charge < -0.3 is 5.32 Å². The van der Waals surface area contributed by atoms with E-state index in [4.69, 9.17) is 0 Å². The van der Waals surface area contributed by atoms with Crippen molar-refractivity contribution in [2.24, 2.45) is 0 Å². The number of nitrogens with one attached hydrogen (secondary N) is 1. The topological polar surface area (TPSA) is 42.0 Å². The highest BCUT2D eigenvalue weighted by Crippen LogP contribution is 2.12. The van der Waals surface area contributed by atoms with E-state index in [1.807, 2.05) is 0 Å². The third-order valence-electron chi connectivity index (χ3n) is 2.14. The first-order valence-electron chi connectivity index (χ1n) is 4.94. The second-order valence-electron chi connectivity index (χ2n) is 3.44. The minimum atomic E-state index is -0.905. The molecule has 2 rings (SSSR count). The third-order valence-corrected chi connectivity index (χ3v) is 2.78. The maximum Gasteiger partial charge on any atom is 0.259 e. The lowest BCUT2D eigenvalue weighted by Crippen LogP contribution is -2.14. The molecule has 0 aliphatic rings. The minimum Gasteiger partial charge on any atom is -0.306 e. The Labute approximate surface area is 115 Å². The normalized spacial score (nSPS) is 10.2. The molecule has 18 heavy (non-hydrogen) atoms. The summed E-state index contributed by atoms with van der Waals surface area (Å²) in [6.45, 7) is 0. The Balaban J connectivity index is 2.19. The molecule has 0 atom stereocenters. The molecule has 0 radical (unpaired) electrons. The summed E-state index contributed by atoms with van der Waals surface area (Å²) >= 11 is 2.07. The Bertz CT molecular complexity index is 587.